The Bertz CT molecular complexity index is 865. The second-order valence-electron chi connectivity index (χ2n) is 6.08. The topological polar surface area (TPSA) is 51.8 Å². The zero-order valence-electron chi connectivity index (χ0n) is 14.8. The van der Waals surface area contributed by atoms with E-state index in [1.165, 1.54) is 36.6 Å². The maximum absolute atomic E-state index is 14.7. The number of unbranched alkanes of at least 4 members (excludes halogenated alkanes) is 2. The lowest BCUT2D eigenvalue weighted by Gasteiger charge is -2.11. The van der Waals surface area contributed by atoms with Crippen molar-refractivity contribution >= 4 is 17.7 Å². The zero-order chi connectivity index (χ0) is 18.4. The van der Waals surface area contributed by atoms with Gasteiger partial charge in [0.1, 0.15) is 5.82 Å². The minimum atomic E-state index is -0.290. The third kappa shape index (κ3) is 4.41. The number of nitrogen functional groups attached to an aromatic ring is 1. The lowest BCUT2D eigenvalue weighted by Crippen LogP contribution is -1.95. The van der Waals surface area contributed by atoms with Crippen molar-refractivity contribution in [2.75, 3.05) is 11.5 Å². The summed E-state index contributed by atoms with van der Waals surface area (Å²) in [5.74, 6) is 0.968. The van der Waals surface area contributed by atoms with Gasteiger partial charge in [-0.05, 0) is 35.4 Å². The molecule has 26 heavy (non-hydrogen) atoms. The SMILES string of the molecule is CCCCCSc1ccccc1-c1ccc(-c2cnc(N)nc2)c(F)c1. The van der Waals surface area contributed by atoms with E-state index in [1.807, 2.05) is 36.0 Å². The number of nitrogens with two attached hydrogens (primary N) is 1. The molecular weight excluding hydrogens is 345 g/mol. The highest BCUT2D eigenvalue weighted by Crippen LogP contribution is 2.34. The fourth-order valence-electron chi connectivity index (χ4n) is 2.76. The molecule has 134 valence electrons. The van der Waals surface area contributed by atoms with E-state index >= 15 is 0 Å². The predicted molar refractivity (Wildman–Crippen MR) is 108 cm³/mol. The summed E-state index contributed by atoms with van der Waals surface area (Å²) in [6, 6.07) is 13.5. The lowest BCUT2D eigenvalue weighted by molar-refractivity contribution is 0.631. The summed E-state index contributed by atoms with van der Waals surface area (Å²) >= 11 is 1.83. The van der Waals surface area contributed by atoms with Gasteiger partial charge in [-0.25, -0.2) is 14.4 Å². The van der Waals surface area contributed by atoms with Crippen LogP contribution in [0.4, 0.5) is 10.3 Å². The van der Waals surface area contributed by atoms with Gasteiger partial charge in [0.2, 0.25) is 5.95 Å². The largest absolute Gasteiger partial charge is 0.368 e. The van der Waals surface area contributed by atoms with Crippen LogP contribution < -0.4 is 5.73 Å². The highest BCUT2D eigenvalue weighted by Gasteiger charge is 2.11. The zero-order valence-corrected chi connectivity index (χ0v) is 15.6. The second-order valence-corrected chi connectivity index (χ2v) is 7.21. The summed E-state index contributed by atoms with van der Waals surface area (Å²) < 4.78 is 14.7. The number of aromatic nitrogens is 2. The van der Waals surface area contributed by atoms with Gasteiger partial charge in [-0.1, -0.05) is 50.1 Å². The summed E-state index contributed by atoms with van der Waals surface area (Å²) in [5, 5.41) is 0. The first kappa shape index (κ1) is 18.4. The van der Waals surface area contributed by atoms with Crippen LogP contribution in [0.1, 0.15) is 26.2 Å². The monoisotopic (exact) mass is 367 g/mol. The van der Waals surface area contributed by atoms with Crippen molar-refractivity contribution in [1.29, 1.82) is 0 Å². The van der Waals surface area contributed by atoms with E-state index < -0.39 is 0 Å². The number of hydrogen-bond donors (Lipinski definition) is 1. The Kier molecular flexibility index (Phi) is 6.23. The first-order valence-electron chi connectivity index (χ1n) is 8.78. The third-order valence-corrected chi connectivity index (χ3v) is 5.32. The molecule has 0 amide bonds. The normalized spacial score (nSPS) is 10.8. The van der Waals surface area contributed by atoms with Crippen molar-refractivity contribution in [3.05, 3.63) is 60.7 Å². The standard InChI is InChI=1S/C21H22FN3S/c1-2-3-6-11-26-20-8-5-4-7-18(20)15-9-10-17(19(22)12-15)16-13-24-21(23)25-14-16/h4-5,7-10,12-14H,2-3,6,11H2,1H3,(H2,23,24,25). The molecule has 0 spiro atoms. The highest BCUT2D eigenvalue weighted by atomic mass is 32.2. The first-order valence-corrected chi connectivity index (χ1v) is 9.77. The van der Waals surface area contributed by atoms with E-state index in [9.17, 15) is 4.39 Å². The van der Waals surface area contributed by atoms with Gasteiger partial charge in [-0.15, -0.1) is 11.8 Å². The summed E-state index contributed by atoms with van der Waals surface area (Å²) in [4.78, 5) is 9.06. The van der Waals surface area contributed by atoms with E-state index in [1.54, 1.807) is 12.1 Å². The molecular formula is C21H22FN3S. The molecule has 3 aromatic rings. The minimum Gasteiger partial charge on any atom is -0.368 e. The van der Waals surface area contributed by atoms with Crippen molar-refractivity contribution in [2.24, 2.45) is 0 Å². The Hall–Kier alpha value is -2.40. The molecule has 0 saturated heterocycles. The third-order valence-electron chi connectivity index (χ3n) is 4.16. The van der Waals surface area contributed by atoms with Gasteiger partial charge in [-0.2, -0.15) is 0 Å². The molecule has 3 rings (SSSR count). The van der Waals surface area contributed by atoms with Crippen molar-refractivity contribution in [1.82, 2.24) is 9.97 Å². The van der Waals surface area contributed by atoms with Crippen LogP contribution in [-0.4, -0.2) is 15.7 Å². The highest BCUT2D eigenvalue weighted by molar-refractivity contribution is 7.99. The molecule has 3 nitrogen and oxygen atoms in total. The number of anilines is 1. The van der Waals surface area contributed by atoms with Crippen LogP contribution in [0, 0.1) is 5.82 Å². The number of benzene rings is 2. The van der Waals surface area contributed by atoms with Crippen LogP contribution in [0.15, 0.2) is 59.8 Å². The maximum atomic E-state index is 14.7. The van der Waals surface area contributed by atoms with Gasteiger partial charge in [0.25, 0.3) is 0 Å². The molecule has 2 N–H and O–H groups in total. The lowest BCUT2D eigenvalue weighted by atomic mass is 10.0. The van der Waals surface area contributed by atoms with E-state index in [4.69, 9.17) is 5.73 Å². The van der Waals surface area contributed by atoms with E-state index in [0.29, 0.717) is 11.1 Å². The molecule has 5 heteroatoms. The van der Waals surface area contributed by atoms with E-state index in [0.717, 1.165) is 16.9 Å². The Morgan fingerprint density at radius 3 is 2.46 bits per heavy atom. The Labute approximate surface area is 157 Å². The van der Waals surface area contributed by atoms with Crippen molar-refractivity contribution in [3.63, 3.8) is 0 Å². The van der Waals surface area contributed by atoms with Crippen LogP contribution in [0.2, 0.25) is 0 Å². The molecule has 0 unspecified atom stereocenters. The maximum Gasteiger partial charge on any atom is 0.219 e. The number of nitrogens with zero attached hydrogens (tertiary/aromatic N) is 2. The fraction of sp³-hybridized carbons (Fsp3) is 0.238. The molecule has 2 aromatic carbocycles. The van der Waals surface area contributed by atoms with Crippen molar-refractivity contribution in [3.8, 4) is 22.3 Å². The van der Waals surface area contributed by atoms with Gasteiger partial charge in [0.05, 0.1) is 0 Å². The van der Waals surface area contributed by atoms with Crippen LogP contribution in [0.5, 0.6) is 0 Å². The van der Waals surface area contributed by atoms with Gasteiger partial charge >= 0.3 is 0 Å². The van der Waals surface area contributed by atoms with Crippen LogP contribution in [0.3, 0.4) is 0 Å². The Morgan fingerprint density at radius 1 is 0.962 bits per heavy atom. The molecule has 0 aliphatic rings. The quantitative estimate of drug-likeness (QED) is 0.423. The summed E-state index contributed by atoms with van der Waals surface area (Å²) in [7, 11) is 0. The van der Waals surface area contributed by atoms with Gasteiger partial charge < -0.3 is 5.73 Å². The number of rotatable bonds is 7. The molecule has 0 aliphatic carbocycles. The average Bonchev–Trinajstić information content (AvgIpc) is 2.66. The summed E-state index contributed by atoms with van der Waals surface area (Å²) in [6.07, 6.45) is 6.72. The molecule has 1 heterocycles. The fourth-order valence-corrected chi connectivity index (χ4v) is 3.84. The Morgan fingerprint density at radius 2 is 1.73 bits per heavy atom. The summed E-state index contributed by atoms with van der Waals surface area (Å²) in [6.45, 7) is 2.20. The van der Waals surface area contributed by atoms with E-state index in [2.05, 4.69) is 23.0 Å². The van der Waals surface area contributed by atoms with Crippen LogP contribution >= 0.6 is 11.8 Å². The molecule has 0 saturated carbocycles. The average molecular weight is 367 g/mol. The Balaban J connectivity index is 1.86. The van der Waals surface area contributed by atoms with Gasteiger partial charge in [-0.3, -0.25) is 0 Å². The smallest absolute Gasteiger partial charge is 0.219 e. The number of thioether (sulfide) groups is 1. The van der Waals surface area contributed by atoms with Gasteiger partial charge in [0.15, 0.2) is 0 Å². The van der Waals surface area contributed by atoms with Crippen LogP contribution in [-0.2, 0) is 0 Å². The first-order chi connectivity index (χ1) is 12.7. The molecule has 1 aromatic heterocycles. The molecule has 0 radical (unpaired) electrons. The molecule has 0 atom stereocenters. The number of hydrogen-bond acceptors (Lipinski definition) is 4. The molecule has 0 bridgehead atoms. The van der Waals surface area contributed by atoms with Crippen molar-refractivity contribution < 1.29 is 4.39 Å². The minimum absolute atomic E-state index is 0.180. The second kappa shape index (κ2) is 8.81. The van der Waals surface area contributed by atoms with Crippen LogP contribution in [0.25, 0.3) is 22.3 Å². The summed E-state index contributed by atoms with van der Waals surface area (Å²) in [5.41, 5.74) is 8.53. The van der Waals surface area contributed by atoms with Gasteiger partial charge in [0, 0.05) is 28.4 Å². The molecule has 0 aliphatic heterocycles. The van der Waals surface area contributed by atoms with E-state index in [-0.39, 0.29) is 11.8 Å². The van der Waals surface area contributed by atoms with Crippen molar-refractivity contribution in [2.45, 2.75) is 31.1 Å². The number of halogens is 1. The predicted octanol–water partition coefficient (Wildman–Crippen LogP) is 5.81. The molecule has 0 fully saturated rings.